The van der Waals surface area contributed by atoms with Crippen molar-refractivity contribution in [3.05, 3.63) is 59.7 Å². The number of carbonyl (C=O) groups is 1. The first-order valence-corrected chi connectivity index (χ1v) is 9.98. The maximum absolute atomic E-state index is 12.9. The Labute approximate surface area is 172 Å². The minimum Gasteiger partial charge on any atom is -0.493 e. The fraction of sp³-hybridized carbons (Fsp3) is 0.375. The van der Waals surface area contributed by atoms with Crippen molar-refractivity contribution >= 4 is 12.0 Å². The van der Waals surface area contributed by atoms with Gasteiger partial charge in [-0.1, -0.05) is 36.8 Å². The second kappa shape index (κ2) is 10.0. The summed E-state index contributed by atoms with van der Waals surface area (Å²) < 4.78 is 16.1. The lowest BCUT2D eigenvalue weighted by Gasteiger charge is -2.23. The van der Waals surface area contributed by atoms with Crippen LogP contribution in [0.2, 0.25) is 0 Å². The molecule has 1 aliphatic rings. The van der Waals surface area contributed by atoms with E-state index in [2.05, 4.69) is 24.3 Å². The average Bonchev–Trinajstić information content (AvgIpc) is 3.03. The van der Waals surface area contributed by atoms with Gasteiger partial charge in [0, 0.05) is 25.1 Å². The zero-order valence-electron chi connectivity index (χ0n) is 17.4. The summed E-state index contributed by atoms with van der Waals surface area (Å²) >= 11 is 0. The van der Waals surface area contributed by atoms with E-state index in [1.54, 1.807) is 33.5 Å². The molecule has 0 bridgehead atoms. The fourth-order valence-electron chi connectivity index (χ4n) is 3.81. The van der Waals surface area contributed by atoms with Crippen molar-refractivity contribution < 1.29 is 19.0 Å². The van der Waals surface area contributed by atoms with E-state index in [9.17, 15) is 4.79 Å². The van der Waals surface area contributed by atoms with E-state index < -0.39 is 0 Å². The number of hydrogen-bond donors (Lipinski definition) is 0. The molecule has 1 unspecified atom stereocenters. The Bertz CT molecular complexity index is 822. The Balaban J connectivity index is 1.75. The molecule has 154 valence electrons. The van der Waals surface area contributed by atoms with Gasteiger partial charge in [-0.25, -0.2) is 0 Å². The summed E-state index contributed by atoms with van der Waals surface area (Å²) in [6.07, 6.45) is 6.72. The third-order valence-corrected chi connectivity index (χ3v) is 5.36. The summed E-state index contributed by atoms with van der Waals surface area (Å²) in [5.74, 6) is 2.09. The predicted octanol–water partition coefficient (Wildman–Crippen LogP) is 4.52. The lowest BCUT2D eigenvalue weighted by Crippen LogP contribution is -2.32. The van der Waals surface area contributed by atoms with Gasteiger partial charge in [0.25, 0.3) is 0 Å². The quantitative estimate of drug-likeness (QED) is 0.675. The summed E-state index contributed by atoms with van der Waals surface area (Å²) in [4.78, 5) is 14.8. The van der Waals surface area contributed by atoms with Crippen LogP contribution in [0.1, 0.15) is 36.3 Å². The molecule has 0 spiro atoms. The first kappa shape index (κ1) is 20.8. The highest BCUT2D eigenvalue weighted by atomic mass is 16.5. The van der Waals surface area contributed by atoms with Crippen molar-refractivity contribution in [3.63, 3.8) is 0 Å². The highest BCUT2D eigenvalue weighted by Crippen LogP contribution is 2.38. The largest absolute Gasteiger partial charge is 0.493 e. The number of likely N-dealkylation sites (tertiary alicyclic amines) is 1. The van der Waals surface area contributed by atoms with Crippen LogP contribution < -0.4 is 14.2 Å². The van der Waals surface area contributed by atoms with Gasteiger partial charge in [0.1, 0.15) is 0 Å². The first-order chi connectivity index (χ1) is 14.2. The molecular weight excluding hydrogens is 366 g/mol. The molecule has 1 heterocycles. The van der Waals surface area contributed by atoms with E-state index in [4.69, 9.17) is 14.2 Å². The number of amides is 1. The van der Waals surface area contributed by atoms with Crippen LogP contribution in [-0.2, 0) is 4.79 Å². The van der Waals surface area contributed by atoms with Crippen LogP contribution in [0.3, 0.4) is 0 Å². The molecule has 1 atom stereocenters. The molecule has 0 N–H and O–H groups in total. The van der Waals surface area contributed by atoms with Gasteiger partial charge < -0.3 is 19.1 Å². The average molecular weight is 395 g/mol. The fourth-order valence-corrected chi connectivity index (χ4v) is 3.81. The molecule has 2 aromatic rings. The summed E-state index contributed by atoms with van der Waals surface area (Å²) in [5, 5.41) is 0. The topological polar surface area (TPSA) is 48.0 Å². The molecule has 0 saturated carbocycles. The molecule has 5 heteroatoms. The van der Waals surface area contributed by atoms with E-state index in [1.807, 2.05) is 23.1 Å². The molecule has 3 rings (SSSR count). The van der Waals surface area contributed by atoms with E-state index in [1.165, 1.54) is 5.56 Å². The minimum absolute atomic E-state index is 0.0292. The van der Waals surface area contributed by atoms with Crippen molar-refractivity contribution in [2.75, 3.05) is 34.4 Å². The van der Waals surface area contributed by atoms with Crippen molar-refractivity contribution in [1.29, 1.82) is 0 Å². The zero-order chi connectivity index (χ0) is 20.6. The summed E-state index contributed by atoms with van der Waals surface area (Å²) in [6, 6.07) is 14.1. The maximum Gasteiger partial charge on any atom is 0.246 e. The Morgan fingerprint density at radius 3 is 2.31 bits per heavy atom. The van der Waals surface area contributed by atoms with Gasteiger partial charge >= 0.3 is 0 Å². The van der Waals surface area contributed by atoms with Gasteiger partial charge in [-0.2, -0.15) is 0 Å². The number of ether oxygens (including phenoxy) is 3. The van der Waals surface area contributed by atoms with Crippen molar-refractivity contribution in [2.45, 2.75) is 25.2 Å². The molecule has 0 radical (unpaired) electrons. The van der Waals surface area contributed by atoms with Gasteiger partial charge in [0.05, 0.1) is 21.3 Å². The second-order valence-corrected chi connectivity index (χ2v) is 7.18. The second-order valence-electron chi connectivity index (χ2n) is 7.18. The number of hydrogen-bond acceptors (Lipinski definition) is 4. The van der Waals surface area contributed by atoms with Gasteiger partial charge in [-0.3, -0.25) is 4.79 Å². The predicted molar refractivity (Wildman–Crippen MR) is 115 cm³/mol. The molecular formula is C24H29NO4. The zero-order valence-corrected chi connectivity index (χ0v) is 17.4. The Hall–Kier alpha value is -2.95. The van der Waals surface area contributed by atoms with E-state index >= 15 is 0 Å². The van der Waals surface area contributed by atoms with Crippen LogP contribution in [0.25, 0.3) is 6.08 Å². The number of nitrogens with zero attached hydrogens (tertiary/aromatic N) is 1. The molecule has 1 aliphatic heterocycles. The molecule has 1 amide bonds. The van der Waals surface area contributed by atoms with Crippen LogP contribution in [0.5, 0.6) is 17.2 Å². The van der Waals surface area contributed by atoms with E-state index in [0.717, 1.165) is 37.9 Å². The Morgan fingerprint density at radius 2 is 1.69 bits per heavy atom. The van der Waals surface area contributed by atoms with Crippen LogP contribution in [0.4, 0.5) is 0 Å². The first-order valence-electron chi connectivity index (χ1n) is 9.98. The maximum atomic E-state index is 12.9. The molecule has 29 heavy (non-hydrogen) atoms. The van der Waals surface area contributed by atoms with Crippen LogP contribution in [0, 0.1) is 0 Å². The summed E-state index contributed by atoms with van der Waals surface area (Å²) in [6.45, 7) is 1.55. The van der Waals surface area contributed by atoms with Crippen LogP contribution in [-0.4, -0.2) is 45.2 Å². The van der Waals surface area contributed by atoms with Gasteiger partial charge in [0.15, 0.2) is 11.5 Å². The Kier molecular flexibility index (Phi) is 7.17. The van der Waals surface area contributed by atoms with Crippen molar-refractivity contribution in [3.8, 4) is 17.2 Å². The third kappa shape index (κ3) is 5.11. The molecule has 0 aromatic heterocycles. The highest BCUT2D eigenvalue weighted by molar-refractivity contribution is 5.92. The molecule has 5 nitrogen and oxygen atoms in total. The van der Waals surface area contributed by atoms with Gasteiger partial charge in [-0.15, -0.1) is 0 Å². The lowest BCUT2D eigenvalue weighted by atomic mass is 9.94. The molecule has 1 fully saturated rings. The van der Waals surface area contributed by atoms with E-state index in [0.29, 0.717) is 23.2 Å². The lowest BCUT2D eigenvalue weighted by molar-refractivity contribution is -0.126. The van der Waals surface area contributed by atoms with Crippen molar-refractivity contribution in [1.82, 2.24) is 4.90 Å². The molecule has 0 aliphatic carbocycles. The molecule has 2 aromatic carbocycles. The number of carbonyl (C=O) groups excluding carboxylic acids is 1. The van der Waals surface area contributed by atoms with Gasteiger partial charge in [0.2, 0.25) is 11.7 Å². The van der Waals surface area contributed by atoms with Crippen LogP contribution >= 0.6 is 0 Å². The third-order valence-electron chi connectivity index (χ3n) is 5.36. The molecule has 1 saturated heterocycles. The van der Waals surface area contributed by atoms with Gasteiger partial charge in [-0.05, 0) is 42.2 Å². The minimum atomic E-state index is 0.0292. The number of methoxy groups -OCH3 is 3. The normalized spacial score (nSPS) is 17.1. The smallest absolute Gasteiger partial charge is 0.246 e. The monoisotopic (exact) mass is 395 g/mol. The summed E-state index contributed by atoms with van der Waals surface area (Å²) in [5.41, 5.74) is 2.13. The number of benzene rings is 2. The van der Waals surface area contributed by atoms with E-state index in [-0.39, 0.29) is 5.91 Å². The number of rotatable bonds is 6. The SMILES string of the molecule is COc1cc(/C=C/C(=O)N2CCCCC(c3ccccc3)C2)cc(OC)c1OC. The summed E-state index contributed by atoms with van der Waals surface area (Å²) in [7, 11) is 4.73. The Morgan fingerprint density at radius 1 is 1.00 bits per heavy atom. The van der Waals surface area contributed by atoms with Crippen LogP contribution in [0.15, 0.2) is 48.5 Å². The highest BCUT2D eigenvalue weighted by Gasteiger charge is 2.22. The standard InChI is InChI=1S/C24H29NO4/c1-27-21-15-18(16-22(28-2)24(21)29-3)12-13-23(26)25-14-8-7-11-20(17-25)19-9-5-4-6-10-19/h4-6,9-10,12-13,15-16,20H,7-8,11,14,17H2,1-3H3/b13-12+. The van der Waals surface area contributed by atoms with Crippen molar-refractivity contribution in [2.24, 2.45) is 0 Å².